The fourth-order valence-corrected chi connectivity index (χ4v) is 2.75. The molecule has 2 unspecified atom stereocenters. The van der Waals surface area contributed by atoms with Crippen molar-refractivity contribution in [2.45, 2.75) is 38.0 Å². The zero-order chi connectivity index (χ0) is 20.0. The van der Waals surface area contributed by atoms with Gasteiger partial charge in [0.2, 0.25) is 16.1 Å². The Balaban J connectivity index is 2.22. The summed E-state index contributed by atoms with van der Waals surface area (Å²) in [6.07, 6.45) is -0.902. The van der Waals surface area contributed by atoms with Gasteiger partial charge >= 0.3 is 0 Å². The monoisotopic (exact) mass is 390 g/mol. The summed E-state index contributed by atoms with van der Waals surface area (Å²) in [6.45, 7) is 5.51. The molecule has 0 fully saturated rings. The van der Waals surface area contributed by atoms with Gasteiger partial charge in [-0.2, -0.15) is 0 Å². The van der Waals surface area contributed by atoms with Crippen molar-refractivity contribution in [3.8, 4) is 5.75 Å². The van der Waals surface area contributed by atoms with Crippen molar-refractivity contribution in [1.82, 2.24) is 5.32 Å². The summed E-state index contributed by atoms with van der Waals surface area (Å²) in [4.78, 5) is 12.7. The van der Waals surface area contributed by atoms with Crippen LogP contribution in [0, 0.1) is 0 Å². The lowest BCUT2D eigenvalue weighted by Crippen LogP contribution is -2.41. The van der Waals surface area contributed by atoms with Crippen LogP contribution in [-0.4, -0.2) is 26.1 Å². The van der Waals surface area contributed by atoms with E-state index in [4.69, 9.17) is 9.88 Å². The van der Waals surface area contributed by atoms with E-state index in [1.54, 1.807) is 18.2 Å². The molecule has 7 heteroatoms. The number of benzene rings is 2. The van der Waals surface area contributed by atoms with Crippen LogP contribution in [0.3, 0.4) is 0 Å². The van der Waals surface area contributed by atoms with Crippen LogP contribution in [0.4, 0.5) is 0 Å². The van der Waals surface area contributed by atoms with Crippen molar-refractivity contribution in [2.24, 2.45) is 5.14 Å². The maximum Gasteiger partial charge on any atom is 0.265 e. The van der Waals surface area contributed by atoms with Crippen molar-refractivity contribution in [1.29, 1.82) is 0 Å². The molecule has 3 N–H and O–H groups in total. The number of sulfonamides is 1. The lowest BCUT2D eigenvalue weighted by Gasteiger charge is -2.21. The molecule has 2 aromatic rings. The highest BCUT2D eigenvalue weighted by atomic mass is 32.2. The Bertz CT molecular complexity index is 867. The zero-order valence-electron chi connectivity index (χ0n) is 15.8. The van der Waals surface area contributed by atoms with Crippen molar-refractivity contribution in [3.05, 3.63) is 65.7 Å². The quantitative estimate of drug-likeness (QED) is 0.724. The van der Waals surface area contributed by atoms with E-state index in [2.05, 4.69) is 19.2 Å². The molecule has 2 atom stereocenters. The summed E-state index contributed by atoms with van der Waals surface area (Å²) in [5.74, 6) is 0.476. The number of rotatable bonds is 8. The molecule has 0 bridgehead atoms. The van der Waals surface area contributed by atoms with Crippen molar-refractivity contribution < 1.29 is 17.9 Å². The standard InChI is InChI=1S/C20H26N2O4S/c1-14(2)17-10-7-11-18(12-17)26-19(16-8-5-4-6-9-16)20(23)22-13-15(3)27(21,24)25/h4-12,14-15,19H,13H2,1-3H3,(H,22,23)(H2,21,24,25). The van der Waals surface area contributed by atoms with Crippen LogP contribution in [-0.2, 0) is 14.8 Å². The number of primary sulfonamides is 1. The van der Waals surface area contributed by atoms with E-state index in [0.717, 1.165) is 5.56 Å². The first kappa shape index (κ1) is 20.9. The molecule has 0 aliphatic rings. The summed E-state index contributed by atoms with van der Waals surface area (Å²) in [5, 5.41) is 6.85. The molecule has 1 amide bonds. The highest BCUT2D eigenvalue weighted by molar-refractivity contribution is 7.89. The minimum atomic E-state index is -3.72. The van der Waals surface area contributed by atoms with Crippen LogP contribution in [0.2, 0.25) is 0 Å². The molecule has 0 heterocycles. The average molecular weight is 391 g/mol. The maximum absolute atomic E-state index is 12.7. The molecule has 0 aliphatic heterocycles. The number of ether oxygens (including phenoxy) is 1. The predicted molar refractivity (Wildman–Crippen MR) is 106 cm³/mol. The number of hydrogen-bond acceptors (Lipinski definition) is 4. The number of hydrogen-bond donors (Lipinski definition) is 2. The van der Waals surface area contributed by atoms with Gasteiger partial charge in [0.05, 0.1) is 5.25 Å². The minimum Gasteiger partial charge on any atom is -0.476 e. The van der Waals surface area contributed by atoms with E-state index >= 15 is 0 Å². The van der Waals surface area contributed by atoms with Crippen LogP contribution < -0.4 is 15.2 Å². The molecule has 0 spiro atoms. The SMILES string of the molecule is CC(C)c1cccc(OC(C(=O)NCC(C)S(N)(=O)=O)c2ccccc2)c1. The Morgan fingerprint density at radius 3 is 2.26 bits per heavy atom. The van der Waals surface area contributed by atoms with E-state index in [9.17, 15) is 13.2 Å². The molecule has 0 radical (unpaired) electrons. The third kappa shape index (κ3) is 6.08. The van der Waals surface area contributed by atoms with Crippen LogP contribution in [0.5, 0.6) is 5.75 Å². The molecule has 2 aromatic carbocycles. The van der Waals surface area contributed by atoms with Crippen LogP contribution in [0.15, 0.2) is 54.6 Å². The summed E-state index contributed by atoms with van der Waals surface area (Å²) < 4.78 is 28.7. The van der Waals surface area contributed by atoms with Crippen LogP contribution >= 0.6 is 0 Å². The molecule has 27 heavy (non-hydrogen) atoms. The smallest absolute Gasteiger partial charge is 0.265 e. The topological polar surface area (TPSA) is 98.5 Å². The third-order valence-electron chi connectivity index (χ3n) is 4.24. The van der Waals surface area contributed by atoms with Crippen molar-refractivity contribution in [2.75, 3.05) is 6.54 Å². The summed E-state index contributed by atoms with van der Waals surface area (Å²) in [5.41, 5.74) is 1.77. The van der Waals surface area contributed by atoms with Crippen molar-refractivity contribution >= 4 is 15.9 Å². The second kappa shape index (κ2) is 9.01. The Labute approximate surface area is 160 Å². The number of carbonyl (C=O) groups excluding carboxylic acids is 1. The number of amides is 1. The minimum absolute atomic E-state index is 0.0869. The summed E-state index contributed by atoms with van der Waals surface area (Å²) >= 11 is 0. The van der Waals surface area contributed by atoms with Gasteiger partial charge in [0, 0.05) is 12.1 Å². The fraction of sp³-hybridized carbons (Fsp3) is 0.350. The van der Waals surface area contributed by atoms with Gasteiger partial charge in [-0.15, -0.1) is 0 Å². The first-order chi connectivity index (χ1) is 12.7. The largest absolute Gasteiger partial charge is 0.476 e. The molecule has 0 saturated heterocycles. The van der Waals surface area contributed by atoms with Gasteiger partial charge in [0.15, 0.2) is 0 Å². The van der Waals surface area contributed by atoms with Gasteiger partial charge in [-0.25, -0.2) is 13.6 Å². The normalized spacial score (nSPS) is 13.8. The molecule has 0 aromatic heterocycles. The van der Waals surface area contributed by atoms with Gasteiger partial charge in [0.25, 0.3) is 5.91 Å². The van der Waals surface area contributed by atoms with E-state index in [1.807, 2.05) is 36.4 Å². The number of nitrogens with two attached hydrogens (primary N) is 1. The predicted octanol–water partition coefficient (Wildman–Crippen LogP) is 2.72. The average Bonchev–Trinajstić information content (AvgIpc) is 2.64. The number of nitrogens with one attached hydrogen (secondary N) is 1. The Hall–Kier alpha value is -2.38. The first-order valence-electron chi connectivity index (χ1n) is 8.79. The van der Waals surface area contributed by atoms with Crippen molar-refractivity contribution in [3.63, 3.8) is 0 Å². The summed E-state index contributed by atoms with van der Waals surface area (Å²) in [7, 11) is -3.72. The Morgan fingerprint density at radius 1 is 1.04 bits per heavy atom. The van der Waals surface area contributed by atoms with E-state index in [1.165, 1.54) is 6.92 Å². The van der Waals surface area contributed by atoms with Gasteiger partial charge in [-0.3, -0.25) is 4.79 Å². The first-order valence-corrected chi connectivity index (χ1v) is 10.4. The van der Waals surface area contributed by atoms with Gasteiger partial charge in [-0.1, -0.05) is 56.3 Å². The molecular formula is C20H26N2O4S. The summed E-state index contributed by atoms with van der Waals surface area (Å²) in [6, 6.07) is 16.6. The third-order valence-corrected chi connectivity index (χ3v) is 5.53. The van der Waals surface area contributed by atoms with Gasteiger partial charge in [0.1, 0.15) is 5.75 Å². The van der Waals surface area contributed by atoms with Crippen LogP contribution in [0.1, 0.15) is 43.9 Å². The highest BCUT2D eigenvalue weighted by Crippen LogP contribution is 2.25. The van der Waals surface area contributed by atoms with Crippen LogP contribution in [0.25, 0.3) is 0 Å². The molecular weight excluding hydrogens is 364 g/mol. The highest BCUT2D eigenvalue weighted by Gasteiger charge is 2.25. The molecule has 2 rings (SSSR count). The van der Waals surface area contributed by atoms with E-state index < -0.39 is 27.3 Å². The second-order valence-electron chi connectivity index (χ2n) is 6.78. The lowest BCUT2D eigenvalue weighted by molar-refractivity contribution is -0.128. The second-order valence-corrected chi connectivity index (χ2v) is 8.76. The maximum atomic E-state index is 12.7. The molecule has 6 nitrogen and oxygen atoms in total. The fourth-order valence-electron chi connectivity index (χ4n) is 2.44. The Morgan fingerprint density at radius 2 is 1.67 bits per heavy atom. The number of carbonyl (C=O) groups is 1. The lowest BCUT2D eigenvalue weighted by atomic mass is 10.0. The zero-order valence-corrected chi connectivity index (χ0v) is 16.6. The van der Waals surface area contributed by atoms with E-state index in [0.29, 0.717) is 17.2 Å². The van der Waals surface area contributed by atoms with Gasteiger partial charge < -0.3 is 10.1 Å². The molecule has 0 saturated carbocycles. The molecule has 146 valence electrons. The van der Waals surface area contributed by atoms with Gasteiger partial charge in [-0.05, 0) is 30.5 Å². The molecule has 0 aliphatic carbocycles. The Kier molecular flexibility index (Phi) is 6.98. The van der Waals surface area contributed by atoms with E-state index in [-0.39, 0.29) is 6.54 Å².